The van der Waals surface area contributed by atoms with Gasteiger partial charge < -0.3 is 15.5 Å². The largest absolute Gasteiger partial charge is 0.379 e. The van der Waals surface area contributed by atoms with E-state index in [0.29, 0.717) is 10.7 Å². The number of aliphatic imine (C=N–C) groups is 1. The van der Waals surface area contributed by atoms with Crippen LogP contribution < -0.4 is 5.73 Å². The van der Waals surface area contributed by atoms with Gasteiger partial charge in [0.1, 0.15) is 0 Å². The van der Waals surface area contributed by atoms with Crippen molar-refractivity contribution >= 4 is 22.8 Å². The van der Waals surface area contributed by atoms with E-state index >= 15 is 0 Å². The lowest BCUT2D eigenvalue weighted by atomic mass is 9.99. The number of aryl methyl sites for hydroxylation is 1. The second-order valence-electron chi connectivity index (χ2n) is 8.93. The van der Waals surface area contributed by atoms with Gasteiger partial charge in [-0.2, -0.15) is 0 Å². The number of carbonyl (C=O) groups excluding carboxylic acids is 1. The summed E-state index contributed by atoms with van der Waals surface area (Å²) < 4.78 is 0. The quantitative estimate of drug-likeness (QED) is 0.585. The fraction of sp³-hybridized carbons (Fsp3) is 0.333. The fourth-order valence-electron chi connectivity index (χ4n) is 4.65. The molecule has 180 valence electrons. The average Bonchev–Trinajstić information content (AvgIpc) is 3.30. The van der Waals surface area contributed by atoms with Crippen molar-refractivity contribution in [3.8, 4) is 11.3 Å². The maximum atomic E-state index is 13.0. The summed E-state index contributed by atoms with van der Waals surface area (Å²) in [6.07, 6.45) is 1.81. The number of amidine groups is 1. The average molecular weight is 487 g/mol. The Morgan fingerprint density at radius 1 is 1.09 bits per heavy atom. The summed E-state index contributed by atoms with van der Waals surface area (Å²) in [4.78, 5) is 31.3. The van der Waals surface area contributed by atoms with Gasteiger partial charge in [-0.15, -0.1) is 0 Å². The lowest BCUT2D eigenvalue weighted by molar-refractivity contribution is 0.0643. The minimum atomic E-state index is -0.126. The van der Waals surface area contributed by atoms with E-state index in [0.717, 1.165) is 60.9 Å². The minimum absolute atomic E-state index is 0.0262. The number of amides is 1. The zero-order valence-electron chi connectivity index (χ0n) is 20.1. The Hall–Kier alpha value is -3.23. The Morgan fingerprint density at radius 2 is 1.86 bits per heavy atom. The van der Waals surface area contributed by atoms with Crippen LogP contribution in [0.5, 0.6) is 0 Å². The monoisotopic (exact) mass is 486 g/mol. The van der Waals surface area contributed by atoms with Gasteiger partial charge in [-0.25, -0.2) is 0 Å². The van der Waals surface area contributed by atoms with E-state index in [9.17, 15) is 4.79 Å². The van der Waals surface area contributed by atoms with E-state index in [1.54, 1.807) is 11.8 Å². The fourth-order valence-corrected chi connectivity index (χ4v) is 5.68. The molecule has 4 heterocycles. The highest BCUT2D eigenvalue weighted by molar-refractivity contribution is 8.14. The molecule has 0 saturated carbocycles. The van der Waals surface area contributed by atoms with Crippen LogP contribution in [-0.4, -0.2) is 63.6 Å². The van der Waals surface area contributed by atoms with E-state index in [4.69, 9.17) is 15.7 Å². The van der Waals surface area contributed by atoms with Crippen LogP contribution >= 0.6 is 11.8 Å². The van der Waals surface area contributed by atoms with Crippen molar-refractivity contribution in [3.05, 3.63) is 83.3 Å². The zero-order chi connectivity index (χ0) is 24.4. The molecule has 0 radical (unpaired) electrons. The molecule has 2 aromatic heterocycles. The van der Waals surface area contributed by atoms with Crippen molar-refractivity contribution in [3.63, 3.8) is 0 Å². The minimum Gasteiger partial charge on any atom is -0.379 e. The zero-order valence-corrected chi connectivity index (χ0v) is 20.9. The van der Waals surface area contributed by atoms with Crippen LogP contribution in [-0.2, 0) is 0 Å². The predicted octanol–water partition coefficient (Wildman–Crippen LogP) is 4.07. The van der Waals surface area contributed by atoms with Crippen LogP contribution in [0.15, 0.2) is 65.8 Å². The summed E-state index contributed by atoms with van der Waals surface area (Å²) in [6.45, 7) is 8.60. The third-order valence-corrected chi connectivity index (χ3v) is 7.76. The van der Waals surface area contributed by atoms with Gasteiger partial charge in [0, 0.05) is 49.2 Å². The van der Waals surface area contributed by atoms with E-state index < -0.39 is 0 Å². The van der Waals surface area contributed by atoms with Crippen molar-refractivity contribution in [1.82, 2.24) is 19.8 Å². The second-order valence-corrected chi connectivity index (χ2v) is 10.1. The predicted molar refractivity (Wildman–Crippen MR) is 141 cm³/mol. The molecule has 2 N–H and O–H groups in total. The molecule has 1 fully saturated rings. The van der Waals surface area contributed by atoms with E-state index in [2.05, 4.69) is 22.9 Å². The number of nitrogens with zero attached hydrogens (tertiary/aromatic N) is 5. The Morgan fingerprint density at radius 3 is 2.57 bits per heavy atom. The smallest absolute Gasteiger partial charge is 0.253 e. The number of pyridine rings is 2. The van der Waals surface area contributed by atoms with Crippen LogP contribution in [0.4, 0.5) is 0 Å². The Labute approximate surface area is 210 Å². The van der Waals surface area contributed by atoms with Gasteiger partial charge in [-0.1, -0.05) is 36.9 Å². The molecule has 1 saturated heterocycles. The Bertz CT molecular complexity index is 1240. The number of nitrogens with two attached hydrogens (primary N) is 1. The summed E-state index contributed by atoms with van der Waals surface area (Å²) in [5.74, 6) is 0.0929. The molecule has 2 aliphatic heterocycles. The number of hydrogen-bond donors (Lipinski definition) is 1. The van der Waals surface area contributed by atoms with Crippen LogP contribution in [0, 0.1) is 6.92 Å². The van der Waals surface area contributed by atoms with E-state index in [1.165, 1.54) is 0 Å². The number of hydrogen-bond acceptors (Lipinski definition) is 7. The van der Waals surface area contributed by atoms with Gasteiger partial charge in [0.25, 0.3) is 5.91 Å². The van der Waals surface area contributed by atoms with Gasteiger partial charge in [0.15, 0.2) is 5.17 Å². The topological polar surface area (TPSA) is 87.7 Å². The molecule has 3 aromatic rings. The van der Waals surface area contributed by atoms with Gasteiger partial charge >= 0.3 is 0 Å². The molecular formula is C27H30N6OS. The molecule has 2 unspecified atom stereocenters. The summed E-state index contributed by atoms with van der Waals surface area (Å²) in [6, 6.07) is 17.7. The van der Waals surface area contributed by atoms with E-state index in [-0.39, 0.29) is 17.2 Å². The molecule has 5 rings (SSSR count). The maximum Gasteiger partial charge on any atom is 0.253 e. The van der Waals surface area contributed by atoms with Crippen molar-refractivity contribution < 1.29 is 4.79 Å². The molecule has 7 nitrogen and oxygen atoms in total. The molecule has 8 heteroatoms. The first kappa shape index (κ1) is 23.5. The lowest BCUT2D eigenvalue weighted by Crippen LogP contribution is -2.48. The SMILES string of the molecule is CCN1CCN(C(=O)c2ccc(-c3cc(C4N=C(N)SC4c4cccc(C)n4)ccn3)cc2)CC1. The number of piperazine rings is 1. The highest BCUT2D eigenvalue weighted by Gasteiger charge is 2.33. The van der Waals surface area contributed by atoms with Gasteiger partial charge in [0.2, 0.25) is 0 Å². The van der Waals surface area contributed by atoms with Gasteiger partial charge in [0.05, 0.1) is 22.7 Å². The van der Waals surface area contributed by atoms with Crippen molar-refractivity contribution in [2.75, 3.05) is 32.7 Å². The van der Waals surface area contributed by atoms with Crippen molar-refractivity contribution in [2.45, 2.75) is 25.1 Å². The number of thioether (sulfide) groups is 1. The molecule has 0 spiro atoms. The Kier molecular flexibility index (Phi) is 6.83. The number of benzene rings is 1. The van der Waals surface area contributed by atoms with Gasteiger partial charge in [-0.05, 0) is 55.4 Å². The first-order valence-corrected chi connectivity index (χ1v) is 12.9. The van der Waals surface area contributed by atoms with Crippen LogP contribution in [0.1, 0.15) is 45.5 Å². The Balaban J connectivity index is 1.35. The second kappa shape index (κ2) is 10.2. The number of likely N-dealkylation sites (N-methyl/N-ethyl adjacent to an activating group) is 1. The molecule has 1 amide bonds. The normalized spacial score (nSPS) is 20.6. The highest BCUT2D eigenvalue weighted by Crippen LogP contribution is 2.47. The van der Waals surface area contributed by atoms with Crippen molar-refractivity contribution in [1.29, 1.82) is 0 Å². The third kappa shape index (κ3) is 5.09. The molecule has 2 aliphatic rings. The molecule has 35 heavy (non-hydrogen) atoms. The molecule has 0 bridgehead atoms. The van der Waals surface area contributed by atoms with Crippen LogP contribution in [0.25, 0.3) is 11.3 Å². The molecule has 2 atom stereocenters. The molecular weight excluding hydrogens is 456 g/mol. The third-order valence-electron chi connectivity index (χ3n) is 6.66. The van der Waals surface area contributed by atoms with E-state index in [1.807, 2.05) is 66.6 Å². The van der Waals surface area contributed by atoms with Crippen molar-refractivity contribution in [2.24, 2.45) is 10.7 Å². The first-order chi connectivity index (χ1) is 17.0. The number of carbonyl (C=O) groups is 1. The number of rotatable bonds is 5. The number of aromatic nitrogens is 2. The molecule has 0 aliphatic carbocycles. The summed E-state index contributed by atoms with van der Waals surface area (Å²) >= 11 is 1.55. The highest BCUT2D eigenvalue weighted by atomic mass is 32.2. The van der Waals surface area contributed by atoms with Gasteiger partial charge in [-0.3, -0.25) is 19.8 Å². The lowest BCUT2D eigenvalue weighted by Gasteiger charge is -2.34. The summed E-state index contributed by atoms with van der Waals surface area (Å²) in [5.41, 5.74) is 11.7. The standard InChI is InChI=1S/C27H30N6OS/c1-3-32-13-15-33(16-14-32)26(34)20-9-7-19(8-10-20)23-17-21(11-12-29-23)24-25(35-27(28)31-24)22-6-4-5-18(2)30-22/h4-12,17,24-25H,3,13-16H2,1-2H3,(H2,28,31). The summed E-state index contributed by atoms with van der Waals surface area (Å²) in [7, 11) is 0. The molecule has 1 aromatic carbocycles. The summed E-state index contributed by atoms with van der Waals surface area (Å²) in [5, 5.41) is 0.600. The maximum absolute atomic E-state index is 13.0. The van der Waals surface area contributed by atoms with Crippen LogP contribution in [0.3, 0.4) is 0 Å². The first-order valence-electron chi connectivity index (χ1n) is 12.0. The van der Waals surface area contributed by atoms with Crippen LogP contribution in [0.2, 0.25) is 0 Å².